The van der Waals surface area contributed by atoms with Gasteiger partial charge in [0.1, 0.15) is 0 Å². The second-order valence-corrected chi connectivity index (χ2v) is 7.79. The standard InChI is InChI=1S/C10H14N2O5S2/c1-12(2)10(13)7-4-8(18(3,14)15)6-9(5-7)19(11,16)17/h4-6H,1-3H3,(H2,11,16,17). The number of carbonyl (C=O) groups is 1. The van der Waals surface area contributed by atoms with Crippen molar-refractivity contribution >= 4 is 25.8 Å². The average Bonchev–Trinajstić information content (AvgIpc) is 2.24. The minimum Gasteiger partial charge on any atom is -0.345 e. The zero-order chi connectivity index (χ0) is 15.0. The fourth-order valence-electron chi connectivity index (χ4n) is 1.33. The molecule has 0 heterocycles. The average molecular weight is 306 g/mol. The minimum atomic E-state index is -4.10. The van der Waals surface area contributed by atoms with E-state index in [0.29, 0.717) is 0 Å². The van der Waals surface area contributed by atoms with Crippen LogP contribution in [0.1, 0.15) is 10.4 Å². The first-order chi connectivity index (χ1) is 8.43. The van der Waals surface area contributed by atoms with Gasteiger partial charge >= 0.3 is 0 Å². The second-order valence-electron chi connectivity index (χ2n) is 4.21. The van der Waals surface area contributed by atoms with Gasteiger partial charge in [-0.15, -0.1) is 0 Å². The van der Waals surface area contributed by atoms with Crippen molar-refractivity contribution in [2.75, 3.05) is 20.4 Å². The number of amides is 1. The summed E-state index contributed by atoms with van der Waals surface area (Å²) in [6.07, 6.45) is 0.916. The number of sulfone groups is 1. The Morgan fingerprint density at radius 2 is 1.53 bits per heavy atom. The SMILES string of the molecule is CN(C)C(=O)c1cc(S(C)(=O)=O)cc(S(N)(=O)=O)c1. The maximum absolute atomic E-state index is 11.8. The van der Waals surface area contributed by atoms with E-state index in [1.165, 1.54) is 19.0 Å². The summed E-state index contributed by atoms with van der Waals surface area (Å²) in [5.41, 5.74) is -0.0584. The Bertz CT molecular complexity index is 670. The van der Waals surface area contributed by atoms with E-state index >= 15 is 0 Å². The lowest BCUT2D eigenvalue weighted by Crippen LogP contribution is -2.23. The van der Waals surface area contributed by atoms with Gasteiger partial charge in [-0.2, -0.15) is 0 Å². The largest absolute Gasteiger partial charge is 0.345 e. The summed E-state index contributed by atoms with van der Waals surface area (Å²) >= 11 is 0. The molecule has 1 amide bonds. The topological polar surface area (TPSA) is 115 Å². The predicted molar refractivity (Wildman–Crippen MR) is 68.9 cm³/mol. The highest BCUT2D eigenvalue weighted by atomic mass is 32.2. The molecular formula is C10H14N2O5S2. The van der Waals surface area contributed by atoms with Gasteiger partial charge in [-0.05, 0) is 18.2 Å². The lowest BCUT2D eigenvalue weighted by Gasteiger charge is -2.12. The van der Waals surface area contributed by atoms with Crippen molar-refractivity contribution in [2.24, 2.45) is 5.14 Å². The fraction of sp³-hybridized carbons (Fsp3) is 0.300. The van der Waals surface area contributed by atoms with Crippen molar-refractivity contribution < 1.29 is 21.6 Å². The van der Waals surface area contributed by atoms with Crippen molar-refractivity contribution in [1.82, 2.24) is 4.90 Å². The van der Waals surface area contributed by atoms with Crippen molar-refractivity contribution in [3.05, 3.63) is 23.8 Å². The molecule has 0 unspecified atom stereocenters. The molecule has 0 fully saturated rings. The second kappa shape index (κ2) is 4.91. The Morgan fingerprint density at radius 1 is 1.05 bits per heavy atom. The molecule has 106 valence electrons. The van der Waals surface area contributed by atoms with Gasteiger partial charge in [0, 0.05) is 25.9 Å². The van der Waals surface area contributed by atoms with Gasteiger partial charge in [-0.1, -0.05) is 0 Å². The number of hydrogen-bond donors (Lipinski definition) is 1. The zero-order valence-electron chi connectivity index (χ0n) is 10.6. The van der Waals surface area contributed by atoms with Crippen molar-refractivity contribution in [2.45, 2.75) is 9.79 Å². The van der Waals surface area contributed by atoms with E-state index in [1.54, 1.807) is 0 Å². The van der Waals surface area contributed by atoms with Crippen LogP contribution in [0.5, 0.6) is 0 Å². The third-order valence-electron chi connectivity index (χ3n) is 2.29. The number of hydrogen-bond acceptors (Lipinski definition) is 5. The van der Waals surface area contributed by atoms with Crippen molar-refractivity contribution in [3.63, 3.8) is 0 Å². The highest BCUT2D eigenvalue weighted by Crippen LogP contribution is 2.19. The van der Waals surface area contributed by atoms with E-state index in [4.69, 9.17) is 5.14 Å². The monoisotopic (exact) mass is 306 g/mol. The fourth-order valence-corrected chi connectivity index (χ4v) is 2.67. The quantitative estimate of drug-likeness (QED) is 0.803. The summed E-state index contributed by atoms with van der Waals surface area (Å²) in [5.74, 6) is -0.518. The van der Waals surface area contributed by atoms with Crippen LogP contribution in [-0.4, -0.2) is 48.0 Å². The van der Waals surface area contributed by atoms with Gasteiger partial charge in [0.25, 0.3) is 5.91 Å². The molecule has 9 heteroatoms. The van der Waals surface area contributed by atoms with Crippen LogP contribution in [0.25, 0.3) is 0 Å². The van der Waals surface area contributed by atoms with Crippen LogP contribution < -0.4 is 5.14 Å². The minimum absolute atomic E-state index is 0.0584. The molecule has 1 aromatic rings. The maximum Gasteiger partial charge on any atom is 0.253 e. The molecule has 1 rings (SSSR count). The van der Waals surface area contributed by atoms with Gasteiger partial charge in [0.15, 0.2) is 9.84 Å². The Kier molecular flexibility index (Phi) is 4.03. The molecule has 0 aliphatic heterocycles. The third kappa shape index (κ3) is 3.75. The van der Waals surface area contributed by atoms with Crippen molar-refractivity contribution in [1.29, 1.82) is 0 Å². The van der Waals surface area contributed by atoms with Gasteiger partial charge in [0.05, 0.1) is 9.79 Å². The van der Waals surface area contributed by atoms with Gasteiger partial charge in [-0.3, -0.25) is 4.79 Å². The summed E-state index contributed by atoms with van der Waals surface area (Å²) < 4.78 is 45.6. The molecule has 19 heavy (non-hydrogen) atoms. The summed E-state index contributed by atoms with van der Waals surface area (Å²) in [6.45, 7) is 0. The molecule has 0 radical (unpaired) electrons. The normalized spacial score (nSPS) is 12.2. The molecule has 0 aliphatic rings. The zero-order valence-corrected chi connectivity index (χ0v) is 12.2. The van der Waals surface area contributed by atoms with Gasteiger partial charge < -0.3 is 4.90 Å². The van der Waals surface area contributed by atoms with Gasteiger partial charge in [0.2, 0.25) is 10.0 Å². The van der Waals surface area contributed by atoms with E-state index in [1.807, 2.05) is 0 Å². The lowest BCUT2D eigenvalue weighted by atomic mass is 10.2. The molecule has 0 aliphatic carbocycles. The summed E-state index contributed by atoms with van der Waals surface area (Å²) in [6, 6.07) is 3.09. The van der Waals surface area contributed by atoms with E-state index in [2.05, 4.69) is 0 Å². The summed E-state index contributed by atoms with van der Waals surface area (Å²) in [7, 11) is -4.83. The first-order valence-electron chi connectivity index (χ1n) is 5.02. The van der Waals surface area contributed by atoms with E-state index in [9.17, 15) is 21.6 Å². The molecular weight excluding hydrogens is 292 g/mol. The van der Waals surface area contributed by atoms with Crippen molar-refractivity contribution in [3.8, 4) is 0 Å². The molecule has 0 saturated heterocycles. The molecule has 2 N–H and O–H groups in total. The van der Waals surface area contributed by atoms with E-state index < -0.39 is 30.7 Å². The number of primary sulfonamides is 1. The van der Waals surface area contributed by atoms with Crippen LogP contribution in [0.2, 0.25) is 0 Å². The summed E-state index contributed by atoms with van der Waals surface area (Å²) in [5, 5.41) is 4.97. The van der Waals surface area contributed by atoms with Gasteiger partial charge in [-0.25, -0.2) is 22.0 Å². The van der Waals surface area contributed by atoms with Crippen LogP contribution in [0.4, 0.5) is 0 Å². The number of benzene rings is 1. The molecule has 1 aromatic carbocycles. The molecule has 7 nitrogen and oxygen atoms in total. The molecule has 0 spiro atoms. The highest BCUT2D eigenvalue weighted by molar-refractivity contribution is 7.91. The first kappa shape index (κ1) is 15.6. The molecule has 0 bridgehead atoms. The van der Waals surface area contributed by atoms with Crippen LogP contribution >= 0.6 is 0 Å². The smallest absolute Gasteiger partial charge is 0.253 e. The molecule has 0 aromatic heterocycles. The first-order valence-corrected chi connectivity index (χ1v) is 8.46. The number of sulfonamides is 1. The van der Waals surface area contributed by atoms with E-state index in [0.717, 1.165) is 24.5 Å². The van der Waals surface area contributed by atoms with Crippen LogP contribution in [0.15, 0.2) is 28.0 Å². The predicted octanol–water partition coefficient (Wildman–Crippen LogP) is -0.561. The summed E-state index contributed by atoms with van der Waals surface area (Å²) in [4.78, 5) is 12.3. The number of rotatable bonds is 3. The lowest BCUT2D eigenvalue weighted by molar-refractivity contribution is 0.0827. The Balaban J connectivity index is 3.64. The number of nitrogens with zero attached hydrogens (tertiary/aromatic N) is 1. The number of carbonyl (C=O) groups excluding carboxylic acids is 1. The number of nitrogens with two attached hydrogens (primary N) is 1. The third-order valence-corrected chi connectivity index (χ3v) is 4.27. The van der Waals surface area contributed by atoms with Crippen LogP contribution in [-0.2, 0) is 19.9 Å². The maximum atomic E-state index is 11.8. The van der Waals surface area contributed by atoms with Crippen LogP contribution in [0.3, 0.4) is 0 Å². The Morgan fingerprint density at radius 3 is 1.89 bits per heavy atom. The van der Waals surface area contributed by atoms with Crippen LogP contribution in [0, 0.1) is 0 Å². The molecule has 0 atom stereocenters. The van der Waals surface area contributed by atoms with E-state index in [-0.39, 0.29) is 10.5 Å². The Labute approximate surface area is 112 Å². The highest BCUT2D eigenvalue weighted by Gasteiger charge is 2.19. The molecule has 0 saturated carbocycles. The Hall–Kier alpha value is -1.45.